The maximum atomic E-state index is 12.6. The van der Waals surface area contributed by atoms with Gasteiger partial charge in [-0.1, -0.05) is 151 Å². The summed E-state index contributed by atoms with van der Waals surface area (Å²) >= 11 is 0. The topological polar surface area (TPSA) is 117 Å². The van der Waals surface area contributed by atoms with Gasteiger partial charge in [-0.15, -0.1) is 0 Å². The van der Waals surface area contributed by atoms with Crippen molar-refractivity contribution in [3.63, 3.8) is 0 Å². The summed E-state index contributed by atoms with van der Waals surface area (Å²) in [5.41, 5.74) is 5.36. The molecule has 0 heterocycles. The summed E-state index contributed by atoms with van der Waals surface area (Å²) in [4.78, 5) is 22.5. The fraction of sp³-hybridized carbons (Fsp3) is 0.711. The third-order valence-electron chi connectivity index (χ3n) is 8.61. The van der Waals surface area contributed by atoms with Crippen molar-refractivity contribution >= 4 is 13.8 Å². The van der Waals surface area contributed by atoms with E-state index in [-0.39, 0.29) is 32.3 Å². The van der Waals surface area contributed by atoms with Crippen LogP contribution in [0.2, 0.25) is 0 Å². The molecule has 0 bridgehead atoms. The largest absolute Gasteiger partial charge is 0.472 e. The lowest BCUT2D eigenvalue weighted by Crippen LogP contribution is -2.28. The SMILES string of the molecule is CC/C=C\C/C=C\C/C=C\C/C=C\CCCCCOCC(COP(=O)(O)OCCN)OC(=O)CCCCCCCCCCC/C=C\C/C=C\CCCCC. The maximum Gasteiger partial charge on any atom is 0.472 e. The molecule has 0 aromatic carbocycles. The number of allylic oxidation sites excluding steroid dienone is 12. The van der Waals surface area contributed by atoms with Gasteiger partial charge in [0, 0.05) is 19.6 Å². The predicted octanol–water partition coefficient (Wildman–Crippen LogP) is 12.7. The Hall–Kier alpha value is -2.06. The van der Waals surface area contributed by atoms with Gasteiger partial charge < -0.3 is 20.1 Å². The van der Waals surface area contributed by atoms with Crippen molar-refractivity contribution in [3.05, 3.63) is 72.9 Å². The first-order chi connectivity index (χ1) is 26.4. The molecule has 2 atom stereocenters. The molecule has 54 heavy (non-hydrogen) atoms. The highest BCUT2D eigenvalue weighted by molar-refractivity contribution is 7.47. The molecule has 0 amide bonds. The lowest BCUT2D eigenvalue weighted by Gasteiger charge is -2.20. The zero-order valence-corrected chi connectivity index (χ0v) is 35.3. The molecule has 8 nitrogen and oxygen atoms in total. The van der Waals surface area contributed by atoms with E-state index in [2.05, 4.69) is 86.8 Å². The number of carbonyl (C=O) groups excluding carboxylic acids is 1. The average molecular weight is 778 g/mol. The van der Waals surface area contributed by atoms with E-state index in [0.29, 0.717) is 13.0 Å². The van der Waals surface area contributed by atoms with Gasteiger partial charge in [-0.25, -0.2) is 4.57 Å². The highest BCUT2D eigenvalue weighted by Crippen LogP contribution is 2.43. The molecule has 9 heteroatoms. The number of hydrogen-bond donors (Lipinski definition) is 2. The maximum absolute atomic E-state index is 12.6. The monoisotopic (exact) mass is 778 g/mol. The molecular formula is C45H80NO7P. The normalized spacial score (nSPS) is 14.2. The Bertz CT molecular complexity index is 1050. The Morgan fingerprint density at radius 2 is 1.04 bits per heavy atom. The third kappa shape index (κ3) is 41.1. The number of rotatable bonds is 40. The van der Waals surface area contributed by atoms with E-state index in [1.54, 1.807) is 0 Å². The fourth-order valence-corrected chi connectivity index (χ4v) is 6.25. The summed E-state index contributed by atoms with van der Waals surface area (Å²) in [6, 6.07) is 0. The molecular weight excluding hydrogens is 697 g/mol. The summed E-state index contributed by atoms with van der Waals surface area (Å²) in [6.45, 7) is 4.68. The van der Waals surface area contributed by atoms with Crippen molar-refractivity contribution in [1.82, 2.24) is 0 Å². The molecule has 0 rings (SSSR count). The van der Waals surface area contributed by atoms with E-state index in [1.807, 2.05) is 0 Å². The van der Waals surface area contributed by atoms with Crippen LogP contribution >= 0.6 is 7.82 Å². The van der Waals surface area contributed by atoms with E-state index in [0.717, 1.165) is 77.0 Å². The Labute approximate surface area is 331 Å². The van der Waals surface area contributed by atoms with Crippen LogP contribution in [0.4, 0.5) is 0 Å². The highest BCUT2D eigenvalue weighted by atomic mass is 31.2. The third-order valence-corrected chi connectivity index (χ3v) is 9.59. The Kier molecular flexibility index (Phi) is 40.5. The van der Waals surface area contributed by atoms with Gasteiger partial charge in [0.25, 0.3) is 0 Å². The Balaban J connectivity index is 4.10. The highest BCUT2D eigenvalue weighted by Gasteiger charge is 2.25. The molecule has 0 saturated carbocycles. The molecule has 2 unspecified atom stereocenters. The minimum atomic E-state index is -4.29. The van der Waals surface area contributed by atoms with Crippen molar-refractivity contribution in [2.24, 2.45) is 5.73 Å². The number of carbonyl (C=O) groups is 1. The number of esters is 1. The molecule has 0 spiro atoms. The predicted molar refractivity (Wildman–Crippen MR) is 228 cm³/mol. The minimum absolute atomic E-state index is 0.0896. The van der Waals surface area contributed by atoms with Gasteiger partial charge in [0.05, 0.1) is 19.8 Å². The van der Waals surface area contributed by atoms with Gasteiger partial charge in [0.2, 0.25) is 0 Å². The van der Waals surface area contributed by atoms with Gasteiger partial charge in [-0.3, -0.25) is 13.8 Å². The van der Waals surface area contributed by atoms with Crippen LogP contribution in [-0.4, -0.2) is 49.9 Å². The Morgan fingerprint density at radius 3 is 1.56 bits per heavy atom. The number of phosphoric ester groups is 1. The zero-order valence-electron chi connectivity index (χ0n) is 34.4. The van der Waals surface area contributed by atoms with Crippen LogP contribution in [0, 0.1) is 0 Å². The molecule has 0 fully saturated rings. The van der Waals surface area contributed by atoms with Crippen LogP contribution in [0.1, 0.15) is 168 Å². The van der Waals surface area contributed by atoms with E-state index in [1.165, 1.54) is 70.6 Å². The van der Waals surface area contributed by atoms with Gasteiger partial charge in [0.1, 0.15) is 6.10 Å². The van der Waals surface area contributed by atoms with E-state index in [4.69, 9.17) is 24.3 Å². The standard InChI is InChI=1S/C45H80NO7P/c1-3-5-7-9-11-13-15-17-19-21-22-23-24-26-28-30-32-34-36-38-45(47)53-44(43-52-54(48,49)51-41-39-46)42-50-40-37-35-33-31-29-27-25-20-18-16-14-12-10-8-6-4-2/h6,8,11-14,17-20,27,29,44H,3-5,7,9-10,15-16,21-26,28,30-43,46H2,1-2H3,(H,48,49)/b8-6-,13-11-,14-12-,19-17-,20-18-,29-27-. The van der Waals surface area contributed by atoms with E-state index >= 15 is 0 Å². The molecule has 0 aromatic rings. The van der Waals surface area contributed by atoms with E-state index in [9.17, 15) is 14.3 Å². The number of phosphoric acid groups is 1. The fourth-order valence-electron chi connectivity index (χ4n) is 5.49. The van der Waals surface area contributed by atoms with Crippen LogP contribution < -0.4 is 5.73 Å². The second-order valence-electron chi connectivity index (χ2n) is 13.8. The summed E-state index contributed by atoms with van der Waals surface area (Å²) < 4.78 is 33.4. The quantitative estimate of drug-likeness (QED) is 0.0273. The van der Waals surface area contributed by atoms with Crippen LogP contribution in [0.25, 0.3) is 0 Å². The second-order valence-corrected chi connectivity index (χ2v) is 15.3. The van der Waals surface area contributed by atoms with Gasteiger partial charge in [0.15, 0.2) is 0 Å². The summed E-state index contributed by atoms with van der Waals surface area (Å²) in [7, 11) is -4.29. The first-order valence-corrected chi connectivity index (χ1v) is 22.9. The van der Waals surface area contributed by atoms with Crippen molar-refractivity contribution in [2.75, 3.05) is 33.0 Å². The van der Waals surface area contributed by atoms with Gasteiger partial charge >= 0.3 is 13.8 Å². The first kappa shape index (κ1) is 51.9. The number of hydrogen-bond acceptors (Lipinski definition) is 7. The zero-order chi connectivity index (χ0) is 39.5. The van der Waals surface area contributed by atoms with Crippen LogP contribution in [0.5, 0.6) is 0 Å². The van der Waals surface area contributed by atoms with Gasteiger partial charge in [-0.2, -0.15) is 0 Å². The summed E-state index contributed by atoms with van der Waals surface area (Å²) in [5.74, 6) is -0.349. The van der Waals surface area contributed by atoms with Gasteiger partial charge in [-0.05, 0) is 83.5 Å². The molecule has 0 aliphatic carbocycles. The first-order valence-electron chi connectivity index (χ1n) is 21.4. The number of unbranched alkanes of at least 4 members (excludes halogenated alkanes) is 15. The lowest BCUT2D eigenvalue weighted by atomic mass is 10.1. The summed E-state index contributed by atoms with van der Waals surface area (Å²) in [6.07, 6.45) is 52.0. The minimum Gasteiger partial charge on any atom is -0.457 e. The van der Waals surface area contributed by atoms with Crippen LogP contribution in [-0.2, 0) is 27.9 Å². The van der Waals surface area contributed by atoms with Crippen molar-refractivity contribution < 1.29 is 32.8 Å². The molecule has 0 aliphatic rings. The van der Waals surface area contributed by atoms with Crippen LogP contribution in [0.3, 0.4) is 0 Å². The van der Waals surface area contributed by atoms with Crippen molar-refractivity contribution in [2.45, 2.75) is 174 Å². The number of ether oxygens (including phenoxy) is 2. The van der Waals surface area contributed by atoms with Crippen molar-refractivity contribution in [3.8, 4) is 0 Å². The smallest absolute Gasteiger partial charge is 0.457 e. The molecule has 0 aromatic heterocycles. The lowest BCUT2D eigenvalue weighted by molar-refractivity contribution is -0.154. The van der Waals surface area contributed by atoms with Crippen molar-refractivity contribution in [1.29, 1.82) is 0 Å². The molecule has 312 valence electrons. The van der Waals surface area contributed by atoms with E-state index < -0.39 is 13.9 Å². The molecule has 0 radical (unpaired) electrons. The second kappa shape index (κ2) is 42.1. The number of nitrogens with two attached hydrogens (primary N) is 1. The molecule has 0 saturated heterocycles. The molecule has 3 N–H and O–H groups in total. The molecule has 0 aliphatic heterocycles. The summed E-state index contributed by atoms with van der Waals surface area (Å²) in [5, 5.41) is 0. The average Bonchev–Trinajstić information content (AvgIpc) is 3.16. The van der Waals surface area contributed by atoms with Crippen LogP contribution in [0.15, 0.2) is 72.9 Å². The Morgan fingerprint density at radius 1 is 0.574 bits per heavy atom.